The lowest BCUT2D eigenvalue weighted by atomic mass is 9.98. The fraction of sp³-hybridized carbons (Fsp3) is 1.00. The van der Waals surface area contributed by atoms with Crippen LogP contribution in [0.25, 0.3) is 0 Å². The van der Waals surface area contributed by atoms with E-state index in [1.54, 1.807) is 0 Å². The van der Waals surface area contributed by atoms with Crippen LogP contribution >= 0.6 is 0 Å². The van der Waals surface area contributed by atoms with E-state index in [0.29, 0.717) is 19.0 Å². The second kappa shape index (κ2) is 8.75. The molecular weight excluding hydrogens is 241 g/mol. The van der Waals surface area contributed by atoms with E-state index in [1.807, 2.05) is 13.8 Å². The normalized spacial score (nSPS) is 16.0. The zero-order chi connectivity index (χ0) is 14.2. The van der Waals surface area contributed by atoms with Gasteiger partial charge >= 0.3 is 6.18 Å². The molecule has 0 bridgehead atoms. The fourth-order valence-corrected chi connectivity index (χ4v) is 2.08. The summed E-state index contributed by atoms with van der Waals surface area (Å²) in [5.74, 6) is 0.387. The minimum Gasteiger partial charge on any atom is -0.313 e. The van der Waals surface area contributed by atoms with E-state index in [2.05, 4.69) is 19.2 Å². The van der Waals surface area contributed by atoms with Gasteiger partial charge in [-0.25, -0.2) is 0 Å². The smallest absolute Gasteiger partial charge is 0.313 e. The molecule has 0 aliphatic heterocycles. The van der Waals surface area contributed by atoms with E-state index in [-0.39, 0.29) is 6.04 Å². The maximum atomic E-state index is 12.5. The Labute approximate surface area is 109 Å². The number of hydrogen-bond donors (Lipinski definition) is 1. The van der Waals surface area contributed by atoms with Gasteiger partial charge in [-0.1, -0.05) is 34.1 Å². The average Bonchev–Trinajstić information content (AvgIpc) is 2.25. The van der Waals surface area contributed by atoms with Crippen molar-refractivity contribution in [1.82, 2.24) is 10.2 Å². The number of rotatable bonds is 9. The van der Waals surface area contributed by atoms with Gasteiger partial charge in [-0.05, 0) is 25.4 Å². The van der Waals surface area contributed by atoms with Crippen LogP contribution in [0.5, 0.6) is 0 Å². The third-order valence-electron chi connectivity index (χ3n) is 3.19. The highest BCUT2D eigenvalue weighted by Crippen LogP contribution is 2.18. The molecule has 2 atom stereocenters. The van der Waals surface area contributed by atoms with E-state index in [0.717, 1.165) is 19.4 Å². The maximum Gasteiger partial charge on any atom is 0.401 e. The molecule has 110 valence electrons. The molecule has 5 heteroatoms. The zero-order valence-electron chi connectivity index (χ0n) is 12.0. The summed E-state index contributed by atoms with van der Waals surface area (Å²) in [7, 11) is 0. The van der Waals surface area contributed by atoms with E-state index in [1.165, 1.54) is 4.90 Å². The van der Waals surface area contributed by atoms with Crippen LogP contribution in [0, 0.1) is 5.92 Å². The summed E-state index contributed by atoms with van der Waals surface area (Å²) in [6.07, 6.45) is -2.39. The van der Waals surface area contributed by atoms with Gasteiger partial charge < -0.3 is 5.32 Å². The highest BCUT2D eigenvalue weighted by molar-refractivity contribution is 4.77. The number of hydrogen-bond acceptors (Lipinski definition) is 2. The van der Waals surface area contributed by atoms with E-state index in [9.17, 15) is 13.2 Å². The van der Waals surface area contributed by atoms with Crippen molar-refractivity contribution < 1.29 is 13.2 Å². The predicted octanol–water partition coefficient (Wildman–Crippen LogP) is 3.28. The Morgan fingerprint density at radius 2 is 1.78 bits per heavy atom. The molecule has 2 nitrogen and oxygen atoms in total. The molecule has 0 aliphatic carbocycles. The molecule has 0 aromatic heterocycles. The van der Waals surface area contributed by atoms with Crippen molar-refractivity contribution in [3.05, 3.63) is 0 Å². The molecule has 0 fully saturated rings. The van der Waals surface area contributed by atoms with E-state index < -0.39 is 12.7 Å². The van der Waals surface area contributed by atoms with Gasteiger partial charge in [-0.15, -0.1) is 0 Å². The van der Waals surface area contributed by atoms with Gasteiger partial charge in [0, 0.05) is 12.6 Å². The summed E-state index contributed by atoms with van der Waals surface area (Å²) < 4.78 is 37.5. The number of halogens is 3. The monoisotopic (exact) mass is 268 g/mol. The predicted molar refractivity (Wildman–Crippen MR) is 69.7 cm³/mol. The Bertz CT molecular complexity index is 207. The minimum atomic E-state index is -4.11. The van der Waals surface area contributed by atoms with Crippen LogP contribution in [-0.2, 0) is 0 Å². The van der Waals surface area contributed by atoms with Gasteiger partial charge in [-0.2, -0.15) is 13.2 Å². The molecule has 0 saturated carbocycles. The molecule has 0 aliphatic rings. The van der Waals surface area contributed by atoms with Gasteiger partial charge in [0.2, 0.25) is 0 Å². The van der Waals surface area contributed by atoms with Crippen molar-refractivity contribution >= 4 is 0 Å². The molecule has 1 N–H and O–H groups in total. The SMILES string of the molecule is CCCN(CC(NCC)C(C)CC)CC(F)(F)F. The van der Waals surface area contributed by atoms with E-state index >= 15 is 0 Å². The lowest BCUT2D eigenvalue weighted by Crippen LogP contribution is -2.47. The van der Waals surface area contributed by atoms with Crippen LogP contribution in [-0.4, -0.2) is 43.3 Å². The van der Waals surface area contributed by atoms with Crippen LogP contribution < -0.4 is 5.32 Å². The molecule has 0 saturated heterocycles. The molecule has 0 spiro atoms. The topological polar surface area (TPSA) is 15.3 Å². The van der Waals surface area contributed by atoms with Crippen LogP contribution in [0.3, 0.4) is 0 Å². The van der Waals surface area contributed by atoms with Crippen LogP contribution in [0.15, 0.2) is 0 Å². The fourth-order valence-electron chi connectivity index (χ4n) is 2.08. The standard InChI is InChI=1S/C13H27F3N2/c1-5-8-18(10-13(14,15)16)9-12(17-7-3)11(4)6-2/h11-12,17H,5-10H2,1-4H3. The van der Waals surface area contributed by atoms with Crippen molar-refractivity contribution in [3.8, 4) is 0 Å². The van der Waals surface area contributed by atoms with Crippen molar-refractivity contribution in [1.29, 1.82) is 0 Å². The molecule has 0 heterocycles. The highest BCUT2D eigenvalue weighted by atomic mass is 19.4. The molecule has 0 aromatic carbocycles. The summed E-state index contributed by atoms with van der Waals surface area (Å²) in [6.45, 7) is 9.01. The molecule has 0 rings (SSSR count). The minimum absolute atomic E-state index is 0.133. The molecule has 2 unspecified atom stereocenters. The van der Waals surface area contributed by atoms with Crippen LogP contribution in [0.4, 0.5) is 13.2 Å². The third-order valence-corrected chi connectivity index (χ3v) is 3.19. The molecule has 0 aromatic rings. The summed E-state index contributed by atoms with van der Waals surface area (Å²) in [4.78, 5) is 1.51. The Morgan fingerprint density at radius 3 is 2.17 bits per heavy atom. The van der Waals surface area contributed by atoms with Crippen molar-refractivity contribution in [2.45, 2.75) is 52.8 Å². The summed E-state index contributed by atoms with van der Waals surface area (Å²) in [6, 6.07) is 0.133. The average molecular weight is 268 g/mol. The second-order valence-corrected chi connectivity index (χ2v) is 4.90. The molecular formula is C13H27F3N2. The molecule has 0 amide bonds. The van der Waals surface area contributed by atoms with Crippen LogP contribution in [0.1, 0.15) is 40.5 Å². The third kappa shape index (κ3) is 7.93. The Kier molecular flexibility index (Phi) is 8.61. The largest absolute Gasteiger partial charge is 0.401 e. The van der Waals surface area contributed by atoms with Gasteiger partial charge in [0.1, 0.15) is 0 Å². The van der Waals surface area contributed by atoms with Crippen molar-refractivity contribution in [3.63, 3.8) is 0 Å². The van der Waals surface area contributed by atoms with Gasteiger partial charge in [0.05, 0.1) is 6.54 Å². The van der Waals surface area contributed by atoms with Gasteiger partial charge in [-0.3, -0.25) is 4.90 Å². The lowest BCUT2D eigenvalue weighted by Gasteiger charge is -2.31. The summed E-state index contributed by atoms with van der Waals surface area (Å²) in [5, 5.41) is 3.30. The van der Waals surface area contributed by atoms with E-state index in [4.69, 9.17) is 0 Å². The number of alkyl halides is 3. The van der Waals surface area contributed by atoms with Crippen LogP contribution in [0.2, 0.25) is 0 Å². The van der Waals surface area contributed by atoms with Crippen molar-refractivity contribution in [2.24, 2.45) is 5.92 Å². The first-order valence-electron chi connectivity index (χ1n) is 6.86. The number of likely N-dealkylation sites (N-methyl/N-ethyl adjacent to an activating group) is 1. The molecule has 18 heavy (non-hydrogen) atoms. The lowest BCUT2D eigenvalue weighted by molar-refractivity contribution is -0.147. The number of nitrogens with zero attached hydrogens (tertiary/aromatic N) is 1. The second-order valence-electron chi connectivity index (χ2n) is 4.90. The first kappa shape index (κ1) is 17.7. The summed E-state index contributed by atoms with van der Waals surface area (Å²) in [5.41, 5.74) is 0. The first-order valence-corrected chi connectivity index (χ1v) is 6.86. The Hall–Kier alpha value is -0.290. The maximum absolute atomic E-state index is 12.5. The van der Waals surface area contributed by atoms with Gasteiger partial charge in [0.15, 0.2) is 0 Å². The quantitative estimate of drug-likeness (QED) is 0.690. The Balaban J connectivity index is 4.49. The van der Waals surface area contributed by atoms with Crippen molar-refractivity contribution in [2.75, 3.05) is 26.2 Å². The Morgan fingerprint density at radius 1 is 1.17 bits per heavy atom. The summed E-state index contributed by atoms with van der Waals surface area (Å²) >= 11 is 0. The first-order chi connectivity index (χ1) is 8.34. The molecule has 0 radical (unpaired) electrons. The van der Waals surface area contributed by atoms with Gasteiger partial charge in [0.25, 0.3) is 0 Å². The highest BCUT2D eigenvalue weighted by Gasteiger charge is 2.31. The number of nitrogens with one attached hydrogen (secondary N) is 1. The zero-order valence-corrected chi connectivity index (χ0v) is 12.0.